The Hall–Kier alpha value is -0.290. The molecule has 1 fully saturated rings. The van der Waals surface area contributed by atoms with E-state index in [4.69, 9.17) is 0 Å². The van der Waals surface area contributed by atoms with Crippen LogP contribution in [-0.2, 0) is 4.74 Å². The molecule has 0 aromatic rings. The van der Waals surface area contributed by atoms with E-state index in [1.54, 1.807) is 0 Å². The van der Waals surface area contributed by atoms with Crippen molar-refractivity contribution in [3.05, 3.63) is 0 Å². The van der Waals surface area contributed by atoms with Crippen molar-refractivity contribution in [2.75, 3.05) is 19.8 Å². The third-order valence-electron chi connectivity index (χ3n) is 3.78. The molecular weight excluding hydrogens is 255 g/mol. The summed E-state index contributed by atoms with van der Waals surface area (Å²) in [6, 6.07) is 0.444. The molecule has 0 aromatic heterocycles. The lowest BCUT2D eigenvalue weighted by Gasteiger charge is -2.31. The SMILES string of the molecule is CC(C)NCC(C)(CCCOCC(F)(F)F)C1CC1. The van der Waals surface area contributed by atoms with Crippen LogP contribution in [0.4, 0.5) is 13.2 Å². The minimum Gasteiger partial charge on any atom is -0.372 e. The van der Waals surface area contributed by atoms with Gasteiger partial charge in [-0.15, -0.1) is 0 Å². The maximum atomic E-state index is 11.9. The van der Waals surface area contributed by atoms with E-state index in [1.165, 1.54) is 12.8 Å². The molecule has 1 unspecified atom stereocenters. The second-order valence-electron chi connectivity index (χ2n) is 6.24. The first-order valence-corrected chi connectivity index (χ1v) is 7.11. The van der Waals surface area contributed by atoms with Crippen LogP contribution in [0, 0.1) is 11.3 Å². The van der Waals surface area contributed by atoms with E-state index >= 15 is 0 Å². The minimum atomic E-state index is -4.21. The Morgan fingerprint density at radius 1 is 1.26 bits per heavy atom. The van der Waals surface area contributed by atoms with Crippen LogP contribution >= 0.6 is 0 Å². The van der Waals surface area contributed by atoms with Crippen LogP contribution in [0.1, 0.15) is 46.5 Å². The zero-order valence-corrected chi connectivity index (χ0v) is 12.1. The Labute approximate surface area is 114 Å². The fraction of sp³-hybridized carbons (Fsp3) is 1.00. The van der Waals surface area contributed by atoms with Crippen molar-refractivity contribution in [3.63, 3.8) is 0 Å². The van der Waals surface area contributed by atoms with Crippen molar-refractivity contribution < 1.29 is 17.9 Å². The molecule has 0 saturated heterocycles. The molecule has 0 spiro atoms. The Balaban J connectivity index is 2.22. The summed E-state index contributed by atoms with van der Waals surface area (Å²) >= 11 is 0. The predicted octanol–water partition coefficient (Wildman–Crippen LogP) is 3.76. The first-order chi connectivity index (χ1) is 8.73. The number of ether oxygens (including phenoxy) is 1. The lowest BCUT2D eigenvalue weighted by atomic mass is 9.80. The zero-order valence-electron chi connectivity index (χ0n) is 12.1. The standard InChI is InChI=1S/C14H26F3NO/c1-11(2)18-9-13(3,12-5-6-12)7-4-8-19-10-14(15,16)17/h11-12,18H,4-10H2,1-3H3. The number of alkyl halides is 3. The number of hydrogen-bond donors (Lipinski definition) is 1. The monoisotopic (exact) mass is 281 g/mol. The van der Waals surface area contributed by atoms with Gasteiger partial charge in [-0.25, -0.2) is 0 Å². The third-order valence-corrected chi connectivity index (χ3v) is 3.78. The lowest BCUT2D eigenvalue weighted by Crippen LogP contribution is -2.37. The van der Waals surface area contributed by atoms with E-state index in [9.17, 15) is 13.2 Å². The number of nitrogens with one attached hydrogen (secondary N) is 1. The second kappa shape index (κ2) is 6.93. The molecule has 1 rings (SSSR count). The van der Waals surface area contributed by atoms with Crippen LogP contribution in [0.25, 0.3) is 0 Å². The quantitative estimate of drug-likeness (QED) is 0.650. The topological polar surface area (TPSA) is 21.3 Å². The van der Waals surface area contributed by atoms with Crippen molar-refractivity contribution in [1.29, 1.82) is 0 Å². The first-order valence-electron chi connectivity index (χ1n) is 7.11. The highest BCUT2D eigenvalue weighted by molar-refractivity contribution is 4.92. The fourth-order valence-electron chi connectivity index (χ4n) is 2.42. The summed E-state index contributed by atoms with van der Waals surface area (Å²) in [6.45, 7) is 6.47. The summed E-state index contributed by atoms with van der Waals surface area (Å²) in [4.78, 5) is 0. The van der Waals surface area contributed by atoms with Crippen LogP contribution in [0.15, 0.2) is 0 Å². The molecule has 1 aliphatic rings. The van der Waals surface area contributed by atoms with Gasteiger partial charge in [-0.05, 0) is 37.0 Å². The molecular formula is C14H26F3NO. The molecule has 19 heavy (non-hydrogen) atoms. The molecule has 114 valence electrons. The van der Waals surface area contributed by atoms with Gasteiger partial charge in [0.2, 0.25) is 0 Å². The molecule has 5 heteroatoms. The summed E-state index contributed by atoms with van der Waals surface area (Å²) < 4.78 is 40.5. The molecule has 0 amide bonds. The van der Waals surface area contributed by atoms with Crippen LogP contribution in [-0.4, -0.2) is 32.0 Å². The van der Waals surface area contributed by atoms with Gasteiger partial charge in [0.25, 0.3) is 0 Å². The highest BCUT2D eigenvalue weighted by atomic mass is 19.4. The van der Waals surface area contributed by atoms with Crippen molar-refractivity contribution >= 4 is 0 Å². The summed E-state index contributed by atoms with van der Waals surface area (Å²) in [5.74, 6) is 0.723. The normalized spacial score (nSPS) is 19.7. The van der Waals surface area contributed by atoms with E-state index in [0.29, 0.717) is 12.5 Å². The first kappa shape index (κ1) is 16.8. The summed E-state index contributed by atoms with van der Waals surface area (Å²) in [6.07, 6.45) is -0.0868. The molecule has 1 aliphatic carbocycles. The lowest BCUT2D eigenvalue weighted by molar-refractivity contribution is -0.174. The molecule has 0 radical (unpaired) electrons. The van der Waals surface area contributed by atoms with E-state index in [1.807, 2.05) is 0 Å². The predicted molar refractivity (Wildman–Crippen MR) is 70.1 cm³/mol. The van der Waals surface area contributed by atoms with Gasteiger partial charge in [-0.1, -0.05) is 20.8 Å². The van der Waals surface area contributed by atoms with Gasteiger partial charge in [0.1, 0.15) is 6.61 Å². The van der Waals surface area contributed by atoms with Crippen LogP contribution in [0.2, 0.25) is 0 Å². The van der Waals surface area contributed by atoms with Crippen LogP contribution in [0.5, 0.6) is 0 Å². The maximum absolute atomic E-state index is 11.9. The van der Waals surface area contributed by atoms with Crippen molar-refractivity contribution in [3.8, 4) is 0 Å². The Morgan fingerprint density at radius 2 is 1.89 bits per heavy atom. The molecule has 0 aliphatic heterocycles. The van der Waals surface area contributed by atoms with E-state index in [-0.39, 0.29) is 12.0 Å². The Bertz CT molecular complexity index is 264. The minimum absolute atomic E-state index is 0.198. The second-order valence-corrected chi connectivity index (χ2v) is 6.24. The summed E-state index contributed by atoms with van der Waals surface area (Å²) in [5.41, 5.74) is 0.200. The highest BCUT2D eigenvalue weighted by Gasteiger charge is 2.40. The maximum Gasteiger partial charge on any atom is 0.411 e. The molecule has 0 bridgehead atoms. The van der Waals surface area contributed by atoms with E-state index < -0.39 is 12.8 Å². The van der Waals surface area contributed by atoms with Gasteiger partial charge in [0.05, 0.1) is 0 Å². The molecule has 2 nitrogen and oxygen atoms in total. The third kappa shape index (κ3) is 7.16. The Kier molecular flexibility index (Phi) is 6.12. The summed E-state index contributed by atoms with van der Waals surface area (Å²) in [7, 11) is 0. The average molecular weight is 281 g/mol. The van der Waals surface area contributed by atoms with Crippen LogP contribution < -0.4 is 5.32 Å². The van der Waals surface area contributed by atoms with Gasteiger partial charge in [-0.3, -0.25) is 0 Å². The highest BCUT2D eigenvalue weighted by Crippen LogP contribution is 2.47. The fourth-order valence-corrected chi connectivity index (χ4v) is 2.42. The van der Waals surface area contributed by atoms with Gasteiger partial charge in [0.15, 0.2) is 0 Å². The van der Waals surface area contributed by atoms with Gasteiger partial charge >= 0.3 is 6.18 Å². The number of rotatable bonds is 9. The number of hydrogen-bond acceptors (Lipinski definition) is 2. The smallest absolute Gasteiger partial charge is 0.372 e. The van der Waals surface area contributed by atoms with E-state index in [0.717, 1.165) is 18.9 Å². The zero-order chi connectivity index (χ0) is 14.5. The van der Waals surface area contributed by atoms with Gasteiger partial charge in [-0.2, -0.15) is 13.2 Å². The van der Waals surface area contributed by atoms with Crippen molar-refractivity contribution in [2.45, 2.75) is 58.7 Å². The molecule has 1 N–H and O–H groups in total. The number of halogens is 3. The molecule has 0 heterocycles. The van der Waals surface area contributed by atoms with Crippen LogP contribution in [0.3, 0.4) is 0 Å². The molecule has 1 saturated carbocycles. The van der Waals surface area contributed by atoms with Gasteiger partial charge < -0.3 is 10.1 Å². The van der Waals surface area contributed by atoms with Crippen molar-refractivity contribution in [1.82, 2.24) is 5.32 Å². The average Bonchev–Trinajstić information content (AvgIpc) is 3.08. The van der Waals surface area contributed by atoms with Gasteiger partial charge in [0, 0.05) is 19.2 Å². The van der Waals surface area contributed by atoms with E-state index in [2.05, 4.69) is 30.8 Å². The molecule has 1 atom stereocenters. The largest absolute Gasteiger partial charge is 0.411 e. The molecule has 0 aromatic carbocycles. The Morgan fingerprint density at radius 3 is 2.37 bits per heavy atom. The summed E-state index contributed by atoms with van der Waals surface area (Å²) in [5, 5.41) is 3.45. The van der Waals surface area contributed by atoms with Crippen molar-refractivity contribution in [2.24, 2.45) is 11.3 Å².